The van der Waals surface area contributed by atoms with Gasteiger partial charge in [-0.05, 0) is 37.3 Å². The first kappa shape index (κ1) is 12.7. The van der Waals surface area contributed by atoms with Gasteiger partial charge in [0.1, 0.15) is 11.2 Å². The minimum Gasteiger partial charge on any atom is -0.443 e. The van der Waals surface area contributed by atoms with E-state index in [1.165, 1.54) is 6.39 Å². The summed E-state index contributed by atoms with van der Waals surface area (Å²) in [5.74, 6) is 0.696. The van der Waals surface area contributed by atoms with E-state index in [1.54, 1.807) is 4.68 Å². The molecule has 3 aromatic heterocycles. The Morgan fingerprint density at radius 3 is 2.91 bits per heavy atom. The molecule has 0 bridgehead atoms. The summed E-state index contributed by atoms with van der Waals surface area (Å²) in [5.41, 5.74) is 5.19. The molecule has 0 aliphatic heterocycles. The first-order chi connectivity index (χ1) is 10.7. The number of oxazole rings is 1. The second kappa shape index (κ2) is 4.77. The maximum absolute atomic E-state index is 5.61. The Bertz CT molecular complexity index is 970. The molecule has 0 radical (unpaired) electrons. The third-order valence-corrected chi connectivity index (χ3v) is 3.57. The van der Waals surface area contributed by atoms with E-state index in [1.807, 2.05) is 50.4 Å². The molecule has 6 heteroatoms. The van der Waals surface area contributed by atoms with Crippen LogP contribution in [0.2, 0.25) is 0 Å². The van der Waals surface area contributed by atoms with Crippen LogP contribution in [0.15, 0.2) is 47.2 Å². The van der Waals surface area contributed by atoms with E-state index in [-0.39, 0.29) is 0 Å². The highest BCUT2D eigenvalue weighted by molar-refractivity contribution is 5.83. The summed E-state index contributed by atoms with van der Waals surface area (Å²) in [6.45, 7) is 1.95. The van der Waals surface area contributed by atoms with Gasteiger partial charge >= 0.3 is 0 Å². The van der Waals surface area contributed by atoms with Crippen LogP contribution in [0.4, 0.5) is 0 Å². The van der Waals surface area contributed by atoms with Crippen LogP contribution in [0.3, 0.4) is 0 Å². The third-order valence-electron chi connectivity index (χ3n) is 3.57. The van der Waals surface area contributed by atoms with Crippen LogP contribution >= 0.6 is 0 Å². The van der Waals surface area contributed by atoms with Crippen molar-refractivity contribution in [1.29, 1.82) is 0 Å². The number of benzene rings is 1. The zero-order chi connectivity index (χ0) is 15.1. The molecule has 0 N–H and O–H groups in total. The Morgan fingerprint density at radius 1 is 1.14 bits per heavy atom. The summed E-state index contributed by atoms with van der Waals surface area (Å²) >= 11 is 0. The summed E-state index contributed by atoms with van der Waals surface area (Å²) in [7, 11) is 1.86. The van der Waals surface area contributed by atoms with E-state index in [4.69, 9.17) is 4.42 Å². The van der Waals surface area contributed by atoms with E-state index in [2.05, 4.69) is 20.3 Å². The second-order valence-corrected chi connectivity index (χ2v) is 5.11. The van der Waals surface area contributed by atoms with Crippen LogP contribution in [0.25, 0.3) is 33.7 Å². The highest BCUT2D eigenvalue weighted by Gasteiger charge is 2.15. The van der Waals surface area contributed by atoms with Gasteiger partial charge in [0.2, 0.25) is 0 Å². The molecule has 0 fully saturated rings. The molecule has 0 atom stereocenters. The van der Waals surface area contributed by atoms with Gasteiger partial charge < -0.3 is 4.42 Å². The van der Waals surface area contributed by atoms with Crippen molar-refractivity contribution in [3.8, 4) is 22.7 Å². The molecule has 22 heavy (non-hydrogen) atoms. The molecule has 3 heterocycles. The fourth-order valence-electron chi connectivity index (χ4n) is 2.48. The Labute approximate surface area is 126 Å². The molecule has 0 spiro atoms. The lowest BCUT2D eigenvalue weighted by atomic mass is 10.1. The van der Waals surface area contributed by atoms with Crippen molar-refractivity contribution in [3.05, 3.63) is 48.5 Å². The molecule has 4 aromatic rings. The summed E-state index contributed by atoms with van der Waals surface area (Å²) < 4.78 is 7.35. The summed E-state index contributed by atoms with van der Waals surface area (Å²) in [6, 6.07) is 11.7. The predicted molar refractivity (Wildman–Crippen MR) is 82.0 cm³/mol. The van der Waals surface area contributed by atoms with Gasteiger partial charge in [-0.1, -0.05) is 11.3 Å². The molecule has 0 aliphatic carbocycles. The SMILES string of the molecule is Cc1cccc(-c2ncoc2-c2ccc3nnn(C)c3c2)n1. The molecule has 1 aromatic carbocycles. The summed E-state index contributed by atoms with van der Waals surface area (Å²) in [4.78, 5) is 8.85. The molecular formula is C16H13N5O. The largest absolute Gasteiger partial charge is 0.443 e. The Hall–Kier alpha value is -3.02. The van der Waals surface area contributed by atoms with Crippen molar-refractivity contribution in [2.24, 2.45) is 7.05 Å². The summed E-state index contributed by atoms with van der Waals surface area (Å²) in [6.07, 6.45) is 1.44. The van der Waals surface area contributed by atoms with Gasteiger partial charge in [-0.3, -0.25) is 4.98 Å². The van der Waals surface area contributed by atoms with Crippen molar-refractivity contribution in [2.75, 3.05) is 0 Å². The Kier molecular flexibility index (Phi) is 2.75. The lowest BCUT2D eigenvalue weighted by Crippen LogP contribution is -1.91. The molecule has 0 unspecified atom stereocenters. The first-order valence-corrected chi connectivity index (χ1v) is 6.90. The third kappa shape index (κ3) is 1.96. The maximum Gasteiger partial charge on any atom is 0.182 e. The number of nitrogens with zero attached hydrogens (tertiary/aromatic N) is 5. The van der Waals surface area contributed by atoms with Gasteiger partial charge in [0.25, 0.3) is 0 Å². The molecule has 0 saturated carbocycles. The number of pyridine rings is 1. The van der Waals surface area contributed by atoms with Crippen LogP contribution in [-0.4, -0.2) is 25.0 Å². The zero-order valence-electron chi connectivity index (χ0n) is 12.2. The van der Waals surface area contributed by atoms with Gasteiger partial charge in [-0.15, -0.1) is 5.10 Å². The average molecular weight is 291 g/mol. The smallest absolute Gasteiger partial charge is 0.182 e. The lowest BCUT2D eigenvalue weighted by Gasteiger charge is -2.02. The van der Waals surface area contributed by atoms with Crippen LogP contribution < -0.4 is 0 Å². The van der Waals surface area contributed by atoms with Gasteiger partial charge in [0, 0.05) is 18.3 Å². The molecule has 108 valence electrons. The monoisotopic (exact) mass is 291 g/mol. The molecule has 4 rings (SSSR count). The zero-order valence-corrected chi connectivity index (χ0v) is 12.2. The van der Waals surface area contributed by atoms with Crippen molar-refractivity contribution < 1.29 is 4.42 Å². The molecule has 0 aliphatic rings. The van der Waals surface area contributed by atoms with Crippen LogP contribution in [-0.2, 0) is 7.05 Å². The minimum atomic E-state index is 0.696. The van der Waals surface area contributed by atoms with Crippen molar-refractivity contribution >= 4 is 11.0 Å². The number of aromatic nitrogens is 5. The fourth-order valence-corrected chi connectivity index (χ4v) is 2.48. The molecule has 6 nitrogen and oxygen atoms in total. The Morgan fingerprint density at radius 2 is 2.05 bits per heavy atom. The molecule has 0 saturated heterocycles. The molecule has 0 amide bonds. The highest BCUT2D eigenvalue weighted by atomic mass is 16.3. The van der Waals surface area contributed by atoms with Crippen molar-refractivity contribution in [2.45, 2.75) is 6.92 Å². The number of fused-ring (bicyclic) bond motifs is 1. The van der Waals surface area contributed by atoms with E-state index in [0.717, 1.165) is 33.7 Å². The van der Waals surface area contributed by atoms with Gasteiger partial charge in [0.15, 0.2) is 12.2 Å². The van der Waals surface area contributed by atoms with Crippen LogP contribution in [0, 0.1) is 6.92 Å². The number of aryl methyl sites for hydroxylation is 2. The van der Waals surface area contributed by atoms with Gasteiger partial charge in [-0.25, -0.2) is 9.67 Å². The van der Waals surface area contributed by atoms with E-state index in [9.17, 15) is 0 Å². The highest BCUT2D eigenvalue weighted by Crippen LogP contribution is 2.31. The Balaban J connectivity index is 1.89. The standard InChI is InChI=1S/C16H13N5O/c1-10-4-3-5-13(18-10)15-16(22-9-17-15)11-6-7-12-14(8-11)21(2)20-19-12/h3-9H,1-2H3. The number of rotatable bonds is 2. The fraction of sp³-hybridized carbons (Fsp3) is 0.125. The van der Waals surface area contributed by atoms with E-state index >= 15 is 0 Å². The quantitative estimate of drug-likeness (QED) is 0.568. The van der Waals surface area contributed by atoms with Gasteiger partial charge in [-0.2, -0.15) is 0 Å². The van der Waals surface area contributed by atoms with Crippen LogP contribution in [0.1, 0.15) is 5.69 Å². The number of hydrogen-bond donors (Lipinski definition) is 0. The summed E-state index contributed by atoms with van der Waals surface area (Å²) in [5, 5.41) is 8.11. The maximum atomic E-state index is 5.61. The average Bonchev–Trinajstić information content (AvgIpc) is 3.14. The van der Waals surface area contributed by atoms with Crippen LogP contribution in [0.5, 0.6) is 0 Å². The minimum absolute atomic E-state index is 0.696. The lowest BCUT2D eigenvalue weighted by molar-refractivity contribution is 0.572. The van der Waals surface area contributed by atoms with E-state index in [0.29, 0.717) is 5.76 Å². The first-order valence-electron chi connectivity index (χ1n) is 6.90. The number of hydrogen-bond acceptors (Lipinski definition) is 5. The van der Waals surface area contributed by atoms with Crippen molar-refractivity contribution in [1.82, 2.24) is 25.0 Å². The molecular weight excluding hydrogens is 278 g/mol. The predicted octanol–water partition coefficient (Wildman–Crippen LogP) is 2.99. The van der Waals surface area contributed by atoms with E-state index < -0.39 is 0 Å². The van der Waals surface area contributed by atoms with Gasteiger partial charge in [0.05, 0.1) is 11.2 Å². The normalized spacial score (nSPS) is 11.2. The topological polar surface area (TPSA) is 69.6 Å². The van der Waals surface area contributed by atoms with Crippen molar-refractivity contribution in [3.63, 3.8) is 0 Å². The second-order valence-electron chi connectivity index (χ2n) is 5.11.